The maximum Gasteiger partial charge on any atom is 0.409 e. The van der Waals surface area contributed by atoms with Crippen molar-refractivity contribution >= 4 is 17.9 Å². The van der Waals surface area contributed by atoms with Crippen molar-refractivity contribution in [1.82, 2.24) is 19.7 Å². The Morgan fingerprint density at radius 3 is 2.61 bits per heavy atom. The third-order valence-corrected chi connectivity index (χ3v) is 6.70. The van der Waals surface area contributed by atoms with Gasteiger partial charge in [0.2, 0.25) is 11.8 Å². The van der Waals surface area contributed by atoms with Gasteiger partial charge in [-0.3, -0.25) is 14.6 Å². The molecule has 4 aliphatic heterocycles. The van der Waals surface area contributed by atoms with Gasteiger partial charge in [0.1, 0.15) is 5.60 Å². The Bertz CT molecular complexity index is 914. The first-order chi connectivity index (χ1) is 15.0. The lowest BCUT2D eigenvalue weighted by Gasteiger charge is -2.36. The summed E-state index contributed by atoms with van der Waals surface area (Å²) in [4.78, 5) is 47.9. The smallest absolute Gasteiger partial charge is 0.409 e. The zero-order chi connectivity index (χ0) is 21.6. The molecule has 0 unspecified atom stereocenters. The van der Waals surface area contributed by atoms with E-state index in [1.807, 2.05) is 24.3 Å². The van der Waals surface area contributed by atoms with Crippen molar-refractivity contribution < 1.29 is 23.9 Å². The first kappa shape index (κ1) is 20.0. The maximum atomic E-state index is 13.4. The molecule has 0 radical (unpaired) electrons. The summed E-state index contributed by atoms with van der Waals surface area (Å²) >= 11 is 0. The van der Waals surface area contributed by atoms with Gasteiger partial charge >= 0.3 is 6.09 Å². The number of carbonyl (C=O) groups excluding carboxylic acids is 3. The van der Waals surface area contributed by atoms with Gasteiger partial charge in [-0.25, -0.2) is 4.79 Å². The summed E-state index contributed by atoms with van der Waals surface area (Å²) in [6.07, 6.45) is 6.59. The number of nitrogens with zero attached hydrogens (tertiary/aromatic N) is 4. The van der Waals surface area contributed by atoms with E-state index >= 15 is 0 Å². The Morgan fingerprint density at radius 2 is 1.90 bits per heavy atom. The van der Waals surface area contributed by atoms with E-state index in [1.54, 1.807) is 34.0 Å². The summed E-state index contributed by atoms with van der Waals surface area (Å²) in [6, 6.07) is 3.78. The fourth-order valence-corrected chi connectivity index (χ4v) is 5.24. The molecule has 31 heavy (non-hydrogen) atoms. The van der Waals surface area contributed by atoms with Crippen molar-refractivity contribution in [3.05, 3.63) is 42.2 Å². The van der Waals surface area contributed by atoms with E-state index in [0.717, 1.165) is 5.56 Å². The molecule has 1 aromatic heterocycles. The van der Waals surface area contributed by atoms with Crippen LogP contribution in [0.2, 0.25) is 0 Å². The van der Waals surface area contributed by atoms with Crippen molar-refractivity contribution in [3.63, 3.8) is 0 Å². The lowest BCUT2D eigenvalue weighted by atomic mass is 9.76. The number of hydrogen-bond acceptors (Lipinski definition) is 6. The number of rotatable bonds is 4. The van der Waals surface area contributed by atoms with Crippen LogP contribution in [0.25, 0.3) is 0 Å². The fourth-order valence-electron chi connectivity index (χ4n) is 5.24. The summed E-state index contributed by atoms with van der Waals surface area (Å²) in [6.45, 7) is 4.73. The zero-order valence-corrected chi connectivity index (χ0v) is 17.5. The van der Waals surface area contributed by atoms with Crippen LogP contribution < -0.4 is 0 Å². The summed E-state index contributed by atoms with van der Waals surface area (Å²) in [5, 5.41) is 0. The van der Waals surface area contributed by atoms with Gasteiger partial charge in [-0.15, -0.1) is 0 Å². The lowest BCUT2D eigenvalue weighted by molar-refractivity contribution is -0.144. The van der Waals surface area contributed by atoms with Gasteiger partial charge < -0.3 is 24.2 Å². The molecule has 9 heteroatoms. The molecule has 1 aromatic rings. The molecule has 0 N–H and O–H groups in total. The van der Waals surface area contributed by atoms with Crippen LogP contribution in [-0.4, -0.2) is 88.6 Å². The minimum absolute atomic E-state index is 0.0350. The van der Waals surface area contributed by atoms with Crippen LogP contribution in [0, 0.1) is 11.8 Å². The predicted molar refractivity (Wildman–Crippen MR) is 109 cm³/mol. The molecule has 5 heterocycles. The van der Waals surface area contributed by atoms with Gasteiger partial charge in [-0.2, -0.15) is 0 Å². The Hall–Kier alpha value is -2.94. The van der Waals surface area contributed by atoms with Gasteiger partial charge in [-0.05, 0) is 24.6 Å². The van der Waals surface area contributed by atoms with Gasteiger partial charge in [0.25, 0.3) is 0 Å². The zero-order valence-electron chi connectivity index (χ0n) is 17.5. The molecule has 0 aliphatic carbocycles. The molecule has 164 valence electrons. The quantitative estimate of drug-likeness (QED) is 0.657. The van der Waals surface area contributed by atoms with Crippen molar-refractivity contribution in [1.29, 1.82) is 0 Å². The average Bonchev–Trinajstić information content (AvgIpc) is 3.42. The molecule has 1 spiro atoms. The number of likely N-dealkylation sites (tertiary alicyclic amines) is 1. The summed E-state index contributed by atoms with van der Waals surface area (Å²) in [5.74, 6) is -1.12. The highest BCUT2D eigenvalue weighted by Crippen LogP contribution is 2.52. The third kappa shape index (κ3) is 3.27. The second kappa shape index (κ2) is 7.64. The van der Waals surface area contributed by atoms with Crippen LogP contribution in [0.4, 0.5) is 4.79 Å². The third-order valence-electron chi connectivity index (χ3n) is 6.70. The Balaban J connectivity index is 1.29. The van der Waals surface area contributed by atoms with E-state index in [9.17, 15) is 14.4 Å². The van der Waals surface area contributed by atoms with Crippen LogP contribution in [0.3, 0.4) is 0 Å². The van der Waals surface area contributed by atoms with E-state index in [0.29, 0.717) is 45.9 Å². The molecule has 3 amide bonds. The molecule has 9 nitrogen and oxygen atoms in total. The van der Waals surface area contributed by atoms with E-state index in [1.165, 1.54) is 0 Å². The Labute approximate surface area is 180 Å². The summed E-state index contributed by atoms with van der Waals surface area (Å²) in [7, 11) is 0. The van der Waals surface area contributed by atoms with Crippen molar-refractivity contribution in [2.75, 3.05) is 39.3 Å². The summed E-state index contributed by atoms with van der Waals surface area (Å²) < 4.78 is 11.3. The molecule has 0 saturated carbocycles. The van der Waals surface area contributed by atoms with E-state index in [2.05, 4.69) is 4.98 Å². The molecule has 4 atom stereocenters. The average molecular weight is 426 g/mol. The van der Waals surface area contributed by atoms with Gasteiger partial charge in [0, 0.05) is 45.1 Å². The monoisotopic (exact) mass is 426 g/mol. The molecule has 2 bridgehead atoms. The van der Waals surface area contributed by atoms with Crippen LogP contribution >= 0.6 is 0 Å². The maximum absolute atomic E-state index is 13.4. The number of carbonyl (C=O) groups is 3. The standard InChI is InChI=1S/C22H26N4O5/c1-2-30-21(29)25-11-9-24(10-12-25)19(27)17-16-3-6-22(31-16)14-26(20(28)18(17)22)13-15-4-7-23-8-5-15/h3-8,16-18H,2,9-14H2,1H3/t16-,17-,18+,22-/m1/s1. The van der Waals surface area contributed by atoms with Crippen LogP contribution in [0.5, 0.6) is 0 Å². The van der Waals surface area contributed by atoms with Gasteiger partial charge in [0.15, 0.2) is 0 Å². The largest absolute Gasteiger partial charge is 0.450 e. The van der Waals surface area contributed by atoms with Gasteiger partial charge in [0.05, 0.1) is 31.1 Å². The topological polar surface area (TPSA) is 92.3 Å². The highest BCUT2D eigenvalue weighted by Gasteiger charge is 2.67. The molecular formula is C22H26N4O5. The van der Waals surface area contributed by atoms with Crippen LogP contribution in [0.1, 0.15) is 12.5 Å². The van der Waals surface area contributed by atoms with E-state index < -0.39 is 17.4 Å². The highest BCUT2D eigenvalue weighted by molar-refractivity contribution is 5.93. The number of fused-ring (bicyclic) bond motifs is 1. The predicted octanol–water partition coefficient (Wildman–Crippen LogP) is 0.664. The van der Waals surface area contributed by atoms with Crippen molar-refractivity contribution in [2.24, 2.45) is 11.8 Å². The molecule has 3 fully saturated rings. The number of pyridine rings is 1. The number of amides is 3. The minimum atomic E-state index is -0.720. The van der Waals surface area contributed by atoms with Crippen molar-refractivity contribution in [3.8, 4) is 0 Å². The van der Waals surface area contributed by atoms with E-state index in [4.69, 9.17) is 9.47 Å². The second-order valence-electron chi connectivity index (χ2n) is 8.46. The number of aromatic nitrogens is 1. The second-order valence-corrected chi connectivity index (χ2v) is 8.46. The lowest BCUT2D eigenvalue weighted by Crippen LogP contribution is -2.54. The normalized spacial score (nSPS) is 31.3. The molecular weight excluding hydrogens is 400 g/mol. The SMILES string of the molecule is CCOC(=O)N1CCN(C(=O)[C@H]2[C@H]3C(=O)N(Cc4ccncc4)C[C@]34C=C[C@H]2O4)CC1. The van der Waals surface area contributed by atoms with Crippen LogP contribution in [-0.2, 0) is 25.6 Å². The number of hydrogen-bond donors (Lipinski definition) is 0. The van der Waals surface area contributed by atoms with Gasteiger partial charge in [-0.1, -0.05) is 12.2 Å². The number of piperazine rings is 1. The Morgan fingerprint density at radius 1 is 1.19 bits per heavy atom. The Kier molecular flexibility index (Phi) is 4.92. The minimum Gasteiger partial charge on any atom is -0.450 e. The van der Waals surface area contributed by atoms with Crippen molar-refractivity contribution in [2.45, 2.75) is 25.2 Å². The first-order valence-corrected chi connectivity index (χ1v) is 10.8. The number of ether oxygens (including phenoxy) is 2. The molecule has 4 aliphatic rings. The van der Waals surface area contributed by atoms with Crippen LogP contribution in [0.15, 0.2) is 36.7 Å². The highest BCUT2D eigenvalue weighted by atomic mass is 16.6. The molecule has 3 saturated heterocycles. The van der Waals surface area contributed by atoms with E-state index in [-0.39, 0.29) is 24.0 Å². The molecule has 0 aromatic carbocycles. The summed E-state index contributed by atoms with van der Waals surface area (Å²) in [5.41, 5.74) is 0.276. The fraction of sp³-hybridized carbons (Fsp3) is 0.545. The first-order valence-electron chi connectivity index (χ1n) is 10.8. The molecule has 5 rings (SSSR count).